The van der Waals surface area contributed by atoms with Crippen molar-refractivity contribution in [1.82, 2.24) is 9.97 Å². The summed E-state index contributed by atoms with van der Waals surface area (Å²) in [5.41, 5.74) is 2.10. The third-order valence-corrected chi connectivity index (χ3v) is 5.61. The first-order chi connectivity index (χ1) is 14.5. The monoisotopic (exact) mass is 433 g/mol. The van der Waals surface area contributed by atoms with Gasteiger partial charge in [0.25, 0.3) is 0 Å². The number of hydrogen-bond donors (Lipinski definition) is 1. The van der Waals surface area contributed by atoms with E-state index in [-0.39, 0.29) is 0 Å². The molecule has 7 heteroatoms. The number of rotatable bonds is 10. The van der Waals surface area contributed by atoms with Crippen LogP contribution in [0.4, 0.5) is 24.0 Å². The Hall–Kier alpha value is -2.41. The average molecular weight is 434 g/mol. The zero-order valence-electron chi connectivity index (χ0n) is 17.0. The molecule has 30 heavy (non-hydrogen) atoms. The molecule has 0 bridgehead atoms. The van der Waals surface area contributed by atoms with E-state index in [1.807, 2.05) is 17.5 Å². The van der Waals surface area contributed by atoms with Crippen molar-refractivity contribution in [3.05, 3.63) is 59.2 Å². The molecule has 0 spiro atoms. The van der Waals surface area contributed by atoms with Crippen LogP contribution in [0.2, 0.25) is 0 Å². The Kier molecular flexibility index (Phi) is 7.85. The summed E-state index contributed by atoms with van der Waals surface area (Å²) in [7, 11) is 0. The van der Waals surface area contributed by atoms with Gasteiger partial charge in [-0.2, -0.15) is 13.2 Å². The van der Waals surface area contributed by atoms with Crippen molar-refractivity contribution in [3.63, 3.8) is 0 Å². The number of nitrogens with zero attached hydrogens (tertiary/aromatic N) is 2. The molecule has 0 aliphatic heterocycles. The largest absolute Gasteiger partial charge is 0.416 e. The zero-order chi connectivity index (χ0) is 21.4. The molecule has 0 amide bonds. The maximum atomic E-state index is 13.4. The van der Waals surface area contributed by atoms with Crippen LogP contribution in [0, 0.1) is 0 Å². The van der Waals surface area contributed by atoms with Crippen molar-refractivity contribution in [3.8, 4) is 11.3 Å². The van der Waals surface area contributed by atoms with Crippen molar-refractivity contribution in [1.29, 1.82) is 0 Å². The normalized spacial score (nSPS) is 11.6. The van der Waals surface area contributed by atoms with E-state index < -0.39 is 11.7 Å². The van der Waals surface area contributed by atoms with Gasteiger partial charge in [-0.05, 0) is 48.7 Å². The van der Waals surface area contributed by atoms with E-state index in [9.17, 15) is 13.2 Å². The van der Waals surface area contributed by atoms with Crippen LogP contribution in [0.1, 0.15) is 56.6 Å². The Morgan fingerprint density at radius 2 is 1.83 bits per heavy atom. The summed E-state index contributed by atoms with van der Waals surface area (Å²) in [5.74, 6) is 0. The molecule has 0 aliphatic carbocycles. The smallest absolute Gasteiger partial charge is 0.332 e. The third-order valence-electron chi connectivity index (χ3n) is 4.85. The van der Waals surface area contributed by atoms with Crippen LogP contribution in [0.15, 0.2) is 48.1 Å². The van der Waals surface area contributed by atoms with Crippen molar-refractivity contribution < 1.29 is 13.2 Å². The van der Waals surface area contributed by atoms with Gasteiger partial charge >= 0.3 is 6.18 Å². The minimum absolute atomic E-state index is 0.415. The molecule has 1 aromatic carbocycles. The number of unbranched alkanes of at least 4 members (excludes halogenated alkanes) is 5. The Balaban J connectivity index is 1.71. The van der Waals surface area contributed by atoms with Crippen LogP contribution >= 0.6 is 11.3 Å². The van der Waals surface area contributed by atoms with Gasteiger partial charge in [0.05, 0.1) is 11.3 Å². The van der Waals surface area contributed by atoms with Crippen molar-refractivity contribution >= 4 is 22.2 Å². The molecule has 0 radical (unpaired) electrons. The molecule has 3 aromatic rings. The maximum Gasteiger partial charge on any atom is 0.416 e. The molecule has 0 saturated heterocycles. The standard InChI is InChI=1S/C23H26F3N3S/c1-2-3-4-5-6-7-9-17-12-19(23(24,25)26)14-20(13-17)28-22-29-21(16-30-22)18-10-8-11-27-15-18/h8,10-16H,2-7,9H2,1H3,(H,28,29). The van der Waals surface area contributed by atoms with Crippen LogP contribution < -0.4 is 5.32 Å². The minimum Gasteiger partial charge on any atom is -0.332 e. The quantitative estimate of drug-likeness (QED) is 0.331. The number of anilines is 2. The zero-order valence-corrected chi connectivity index (χ0v) is 17.8. The van der Waals surface area contributed by atoms with Crippen LogP contribution in [0.25, 0.3) is 11.3 Å². The Morgan fingerprint density at radius 1 is 1.03 bits per heavy atom. The lowest BCUT2D eigenvalue weighted by atomic mass is 10.0. The summed E-state index contributed by atoms with van der Waals surface area (Å²) >= 11 is 1.36. The van der Waals surface area contributed by atoms with E-state index in [2.05, 4.69) is 22.2 Å². The number of pyridine rings is 1. The molecule has 1 N–H and O–H groups in total. The number of halogens is 3. The van der Waals surface area contributed by atoms with Gasteiger partial charge in [0, 0.05) is 29.0 Å². The highest BCUT2D eigenvalue weighted by atomic mass is 32.1. The molecular formula is C23H26F3N3S. The van der Waals surface area contributed by atoms with Crippen LogP contribution in [0.3, 0.4) is 0 Å². The summed E-state index contributed by atoms with van der Waals surface area (Å²) < 4.78 is 40.2. The first-order valence-electron chi connectivity index (χ1n) is 10.3. The van der Waals surface area contributed by atoms with Gasteiger partial charge in [-0.15, -0.1) is 11.3 Å². The highest BCUT2D eigenvalue weighted by molar-refractivity contribution is 7.14. The van der Waals surface area contributed by atoms with Crippen LogP contribution in [0.5, 0.6) is 0 Å². The second-order valence-electron chi connectivity index (χ2n) is 7.34. The fourth-order valence-electron chi connectivity index (χ4n) is 3.28. The number of benzene rings is 1. The number of nitrogens with one attached hydrogen (secondary N) is 1. The SMILES string of the molecule is CCCCCCCCc1cc(Nc2nc(-c3cccnc3)cs2)cc(C(F)(F)F)c1. The minimum atomic E-state index is -4.38. The molecule has 160 valence electrons. The number of hydrogen-bond acceptors (Lipinski definition) is 4. The van der Waals surface area contributed by atoms with Gasteiger partial charge < -0.3 is 5.32 Å². The molecule has 0 saturated carbocycles. The predicted octanol–water partition coefficient (Wildman–Crippen LogP) is 7.87. The van der Waals surface area contributed by atoms with E-state index in [1.165, 1.54) is 36.7 Å². The summed E-state index contributed by atoms with van der Waals surface area (Å²) in [6.45, 7) is 2.17. The predicted molar refractivity (Wildman–Crippen MR) is 117 cm³/mol. The lowest BCUT2D eigenvalue weighted by Gasteiger charge is -2.13. The molecule has 3 nitrogen and oxygen atoms in total. The lowest BCUT2D eigenvalue weighted by molar-refractivity contribution is -0.137. The third kappa shape index (κ3) is 6.55. The topological polar surface area (TPSA) is 37.8 Å². The number of aromatic nitrogens is 2. The average Bonchev–Trinajstić information content (AvgIpc) is 3.19. The van der Waals surface area contributed by atoms with Gasteiger partial charge in [-0.1, -0.05) is 39.0 Å². The molecule has 0 atom stereocenters. The van der Waals surface area contributed by atoms with Gasteiger partial charge in [-0.3, -0.25) is 4.98 Å². The van der Waals surface area contributed by atoms with Crippen LogP contribution in [-0.4, -0.2) is 9.97 Å². The van der Waals surface area contributed by atoms with Crippen molar-refractivity contribution in [2.45, 2.75) is 58.0 Å². The lowest BCUT2D eigenvalue weighted by Crippen LogP contribution is -2.07. The van der Waals surface area contributed by atoms with E-state index in [0.29, 0.717) is 22.8 Å². The molecule has 0 unspecified atom stereocenters. The fourth-order valence-corrected chi connectivity index (χ4v) is 4.02. The van der Waals surface area contributed by atoms with E-state index in [4.69, 9.17) is 0 Å². The van der Waals surface area contributed by atoms with Crippen LogP contribution in [-0.2, 0) is 12.6 Å². The van der Waals surface area contributed by atoms with E-state index >= 15 is 0 Å². The summed E-state index contributed by atoms with van der Waals surface area (Å²) in [6.07, 6.45) is 6.32. The van der Waals surface area contributed by atoms with E-state index in [0.717, 1.165) is 36.6 Å². The first-order valence-corrected chi connectivity index (χ1v) is 11.2. The van der Waals surface area contributed by atoms with Crippen molar-refractivity contribution in [2.75, 3.05) is 5.32 Å². The molecule has 2 aromatic heterocycles. The molecule has 0 fully saturated rings. The highest BCUT2D eigenvalue weighted by Gasteiger charge is 2.31. The van der Waals surface area contributed by atoms with Gasteiger partial charge in [0.2, 0.25) is 0 Å². The fraction of sp³-hybridized carbons (Fsp3) is 0.391. The molecule has 0 aliphatic rings. The summed E-state index contributed by atoms with van der Waals surface area (Å²) in [4.78, 5) is 8.56. The Labute approximate surface area is 179 Å². The Bertz CT molecular complexity index is 923. The highest BCUT2D eigenvalue weighted by Crippen LogP contribution is 2.34. The molecular weight excluding hydrogens is 407 g/mol. The number of aryl methyl sites for hydroxylation is 1. The van der Waals surface area contributed by atoms with Crippen molar-refractivity contribution in [2.24, 2.45) is 0 Å². The Morgan fingerprint density at radius 3 is 2.57 bits per heavy atom. The summed E-state index contributed by atoms with van der Waals surface area (Å²) in [5, 5.41) is 5.47. The maximum absolute atomic E-state index is 13.4. The first kappa shape index (κ1) is 22.3. The number of thiazole rings is 1. The number of alkyl halides is 3. The second kappa shape index (κ2) is 10.6. The van der Waals surface area contributed by atoms with Gasteiger partial charge in [0.1, 0.15) is 0 Å². The van der Waals surface area contributed by atoms with E-state index in [1.54, 1.807) is 18.5 Å². The molecule has 3 rings (SSSR count). The summed E-state index contributed by atoms with van der Waals surface area (Å²) in [6, 6.07) is 7.93. The van der Waals surface area contributed by atoms with Gasteiger partial charge in [0.15, 0.2) is 5.13 Å². The molecule has 2 heterocycles. The second-order valence-corrected chi connectivity index (χ2v) is 8.20. The van der Waals surface area contributed by atoms with Gasteiger partial charge in [-0.25, -0.2) is 4.98 Å².